The molecule has 1 atom stereocenters. The Morgan fingerprint density at radius 3 is 2.92 bits per heavy atom. The quantitative estimate of drug-likeness (QED) is 0.776. The van der Waals surface area contributed by atoms with Crippen molar-refractivity contribution in [2.75, 3.05) is 19.6 Å². The van der Waals surface area contributed by atoms with Gasteiger partial charge in [0.1, 0.15) is 0 Å². The molecule has 1 aromatic carbocycles. The molecule has 1 aliphatic rings. The van der Waals surface area contributed by atoms with Gasteiger partial charge in [0.2, 0.25) is 11.7 Å². The Morgan fingerprint density at radius 1 is 1.24 bits per heavy atom. The van der Waals surface area contributed by atoms with Gasteiger partial charge in [-0.25, -0.2) is 0 Å². The summed E-state index contributed by atoms with van der Waals surface area (Å²) in [6.45, 7) is 3.35. The number of nitrogens with zero attached hydrogens (tertiary/aromatic N) is 4. The van der Waals surface area contributed by atoms with Crippen molar-refractivity contribution in [2.24, 2.45) is 0 Å². The summed E-state index contributed by atoms with van der Waals surface area (Å²) in [4.78, 5) is 11.1. The van der Waals surface area contributed by atoms with Crippen molar-refractivity contribution in [2.45, 2.75) is 12.6 Å². The maximum absolute atomic E-state index is 5.93. The lowest BCUT2D eigenvalue weighted by Crippen LogP contribution is -2.45. The van der Waals surface area contributed by atoms with Crippen LogP contribution < -0.4 is 5.32 Å². The minimum atomic E-state index is 0.244. The number of piperazine rings is 1. The van der Waals surface area contributed by atoms with Crippen molar-refractivity contribution in [1.29, 1.82) is 0 Å². The zero-order valence-corrected chi connectivity index (χ0v) is 14.4. The molecule has 0 aliphatic carbocycles. The normalized spacial score (nSPS) is 18.4. The van der Waals surface area contributed by atoms with Gasteiger partial charge in [-0.1, -0.05) is 22.8 Å². The fraction of sp³-hybridized carbons (Fsp3) is 0.278. The molecule has 2 aromatic heterocycles. The second-order valence-corrected chi connectivity index (χ2v) is 6.43. The second-order valence-electron chi connectivity index (χ2n) is 6.00. The summed E-state index contributed by atoms with van der Waals surface area (Å²) < 4.78 is 5.46. The minimum absolute atomic E-state index is 0.244. The van der Waals surface area contributed by atoms with Crippen LogP contribution in [0.15, 0.2) is 53.3 Å². The van der Waals surface area contributed by atoms with Crippen LogP contribution in [0.25, 0.3) is 11.4 Å². The molecule has 6 nitrogen and oxygen atoms in total. The predicted octanol–water partition coefficient (Wildman–Crippen LogP) is 2.93. The Bertz CT molecular complexity index is 821. The third-order valence-electron chi connectivity index (χ3n) is 4.33. The average Bonchev–Trinajstić information content (AvgIpc) is 3.12. The number of halogens is 1. The highest BCUT2D eigenvalue weighted by atomic mass is 35.5. The molecule has 0 bridgehead atoms. The van der Waals surface area contributed by atoms with Crippen molar-refractivity contribution in [3.63, 3.8) is 0 Å². The molecule has 3 aromatic rings. The third-order valence-corrected chi connectivity index (χ3v) is 4.58. The van der Waals surface area contributed by atoms with Gasteiger partial charge in [-0.15, -0.1) is 0 Å². The zero-order chi connectivity index (χ0) is 17.1. The monoisotopic (exact) mass is 355 g/mol. The second kappa shape index (κ2) is 7.31. The van der Waals surface area contributed by atoms with Crippen LogP contribution in [0, 0.1) is 0 Å². The Labute approximate surface area is 150 Å². The van der Waals surface area contributed by atoms with Gasteiger partial charge in [-0.3, -0.25) is 9.88 Å². The summed E-state index contributed by atoms with van der Waals surface area (Å²) in [6, 6.07) is 11.7. The molecular formula is C18H18ClN5O. The number of pyridine rings is 1. The van der Waals surface area contributed by atoms with E-state index in [0.717, 1.165) is 25.2 Å². The largest absolute Gasteiger partial charge is 0.338 e. The molecule has 7 heteroatoms. The number of benzene rings is 1. The van der Waals surface area contributed by atoms with Crippen LogP contribution in [-0.4, -0.2) is 39.7 Å². The summed E-state index contributed by atoms with van der Waals surface area (Å²) in [6.07, 6.45) is 3.71. The summed E-state index contributed by atoms with van der Waals surface area (Å²) in [7, 11) is 0. The van der Waals surface area contributed by atoms with E-state index in [-0.39, 0.29) is 6.04 Å². The maximum atomic E-state index is 5.93. The smallest absolute Gasteiger partial charge is 0.241 e. The van der Waals surface area contributed by atoms with Crippen molar-refractivity contribution in [1.82, 2.24) is 25.3 Å². The van der Waals surface area contributed by atoms with E-state index < -0.39 is 0 Å². The van der Waals surface area contributed by atoms with Crippen LogP contribution >= 0.6 is 11.6 Å². The third kappa shape index (κ3) is 3.71. The number of aromatic nitrogens is 3. The van der Waals surface area contributed by atoms with Gasteiger partial charge in [-0.05, 0) is 35.9 Å². The molecule has 1 unspecified atom stereocenters. The minimum Gasteiger partial charge on any atom is -0.338 e. The van der Waals surface area contributed by atoms with E-state index in [9.17, 15) is 0 Å². The van der Waals surface area contributed by atoms with Crippen LogP contribution in [0.2, 0.25) is 5.02 Å². The molecule has 0 radical (unpaired) electrons. The molecule has 25 heavy (non-hydrogen) atoms. The van der Waals surface area contributed by atoms with Crippen LogP contribution in [0.4, 0.5) is 0 Å². The Kier molecular flexibility index (Phi) is 4.74. The number of rotatable bonds is 4. The standard InChI is InChI=1S/C18H18ClN5O/c19-15-5-3-13(4-6-15)18-22-17(25-23-18)12-24-9-8-21-11-16(24)14-2-1-7-20-10-14/h1-7,10,16,21H,8-9,11-12H2. The van der Waals surface area contributed by atoms with Gasteiger partial charge in [0.15, 0.2) is 0 Å². The summed E-state index contributed by atoms with van der Waals surface area (Å²) in [5.74, 6) is 1.19. The van der Waals surface area contributed by atoms with Gasteiger partial charge in [0, 0.05) is 48.7 Å². The number of hydrogen-bond acceptors (Lipinski definition) is 6. The highest BCUT2D eigenvalue weighted by Crippen LogP contribution is 2.24. The van der Waals surface area contributed by atoms with Crippen molar-refractivity contribution in [3.8, 4) is 11.4 Å². The van der Waals surface area contributed by atoms with Crippen molar-refractivity contribution in [3.05, 3.63) is 65.3 Å². The summed E-state index contributed by atoms with van der Waals surface area (Å²) in [5, 5.41) is 8.22. The highest BCUT2D eigenvalue weighted by Gasteiger charge is 2.25. The highest BCUT2D eigenvalue weighted by molar-refractivity contribution is 6.30. The van der Waals surface area contributed by atoms with Gasteiger partial charge in [-0.2, -0.15) is 4.98 Å². The van der Waals surface area contributed by atoms with E-state index in [2.05, 4.69) is 31.4 Å². The lowest BCUT2D eigenvalue weighted by atomic mass is 10.1. The van der Waals surface area contributed by atoms with E-state index in [1.165, 1.54) is 5.56 Å². The molecule has 0 amide bonds. The van der Waals surface area contributed by atoms with Crippen LogP contribution in [0.3, 0.4) is 0 Å². The molecule has 1 N–H and O–H groups in total. The van der Waals surface area contributed by atoms with E-state index in [4.69, 9.17) is 16.1 Å². The molecule has 1 fully saturated rings. The van der Waals surface area contributed by atoms with E-state index in [0.29, 0.717) is 23.3 Å². The topological polar surface area (TPSA) is 67.1 Å². The SMILES string of the molecule is Clc1ccc(-c2noc(CN3CCNCC3c3cccnc3)n2)cc1. The van der Waals surface area contributed by atoms with Crippen LogP contribution in [-0.2, 0) is 6.54 Å². The Morgan fingerprint density at radius 2 is 2.12 bits per heavy atom. The van der Waals surface area contributed by atoms with Gasteiger partial charge in [0.25, 0.3) is 0 Å². The van der Waals surface area contributed by atoms with Crippen molar-refractivity contribution >= 4 is 11.6 Å². The predicted molar refractivity (Wildman–Crippen MR) is 95.0 cm³/mol. The molecule has 128 valence electrons. The zero-order valence-electron chi connectivity index (χ0n) is 13.6. The fourth-order valence-corrected chi connectivity index (χ4v) is 3.17. The average molecular weight is 356 g/mol. The van der Waals surface area contributed by atoms with E-state index in [1.807, 2.05) is 36.5 Å². The fourth-order valence-electron chi connectivity index (χ4n) is 3.05. The lowest BCUT2D eigenvalue weighted by molar-refractivity contribution is 0.135. The Balaban J connectivity index is 1.51. The van der Waals surface area contributed by atoms with Gasteiger partial charge in [0.05, 0.1) is 6.54 Å². The molecule has 0 spiro atoms. The molecule has 3 heterocycles. The maximum Gasteiger partial charge on any atom is 0.241 e. The molecular weight excluding hydrogens is 338 g/mol. The van der Waals surface area contributed by atoms with Crippen molar-refractivity contribution < 1.29 is 4.52 Å². The molecule has 4 rings (SSSR count). The van der Waals surface area contributed by atoms with Gasteiger partial charge >= 0.3 is 0 Å². The molecule has 0 saturated carbocycles. The number of nitrogens with one attached hydrogen (secondary N) is 1. The first-order valence-electron chi connectivity index (χ1n) is 8.23. The summed E-state index contributed by atoms with van der Waals surface area (Å²) >= 11 is 5.93. The first-order valence-corrected chi connectivity index (χ1v) is 8.60. The van der Waals surface area contributed by atoms with Crippen LogP contribution in [0.5, 0.6) is 0 Å². The lowest BCUT2D eigenvalue weighted by Gasteiger charge is -2.35. The van der Waals surface area contributed by atoms with E-state index in [1.54, 1.807) is 6.20 Å². The number of hydrogen-bond donors (Lipinski definition) is 1. The van der Waals surface area contributed by atoms with E-state index >= 15 is 0 Å². The first kappa shape index (κ1) is 16.2. The van der Waals surface area contributed by atoms with Gasteiger partial charge < -0.3 is 9.84 Å². The summed E-state index contributed by atoms with van der Waals surface area (Å²) in [5.41, 5.74) is 2.08. The first-order chi connectivity index (χ1) is 12.3. The molecule has 1 saturated heterocycles. The Hall–Kier alpha value is -2.28. The molecule has 1 aliphatic heterocycles. The van der Waals surface area contributed by atoms with Crippen LogP contribution in [0.1, 0.15) is 17.5 Å².